The summed E-state index contributed by atoms with van der Waals surface area (Å²) in [4.78, 5) is 13.6. The van der Waals surface area contributed by atoms with Gasteiger partial charge in [0.2, 0.25) is 5.91 Å². The topological polar surface area (TPSA) is 20.3 Å². The summed E-state index contributed by atoms with van der Waals surface area (Å²) in [5.74, 6) is -1.63. The molecule has 0 bridgehead atoms. The van der Waals surface area contributed by atoms with E-state index in [9.17, 15) is 13.6 Å². The summed E-state index contributed by atoms with van der Waals surface area (Å²) < 4.78 is 26.1. The largest absolute Gasteiger partial charge is 0.312 e. The molecule has 0 fully saturated rings. The van der Waals surface area contributed by atoms with Crippen LogP contribution < -0.4 is 4.90 Å². The smallest absolute Gasteiger partial charge is 0.236 e. The molecule has 1 aromatic rings. The van der Waals surface area contributed by atoms with Crippen molar-refractivity contribution in [3.63, 3.8) is 0 Å². The predicted molar refractivity (Wildman–Crippen MR) is 76.6 cm³/mol. The van der Waals surface area contributed by atoms with Crippen LogP contribution in [0.5, 0.6) is 0 Å². The van der Waals surface area contributed by atoms with Crippen LogP contribution in [0.3, 0.4) is 0 Å². The van der Waals surface area contributed by atoms with Gasteiger partial charge in [0.15, 0.2) is 11.6 Å². The maximum absolute atomic E-state index is 13.2. The van der Waals surface area contributed by atoms with Crippen LogP contribution in [0, 0.1) is 11.6 Å². The van der Waals surface area contributed by atoms with Gasteiger partial charge in [-0.25, -0.2) is 8.78 Å². The number of nitrogens with zero attached hydrogens (tertiary/aromatic N) is 1. The number of hydrogen-bond acceptors (Lipinski definition) is 2. The molecule has 0 aliphatic carbocycles. The number of benzene rings is 1. The van der Waals surface area contributed by atoms with Gasteiger partial charge in [-0.1, -0.05) is 20.8 Å². The van der Waals surface area contributed by atoms with Crippen LogP contribution >= 0.6 is 11.8 Å². The molecule has 19 heavy (non-hydrogen) atoms. The summed E-state index contributed by atoms with van der Waals surface area (Å²) in [6.07, 6.45) is 0. The van der Waals surface area contributed by atoms with Crippen LogP contribution in [-0.2, 0) is 4.79 Å². The first kappa shape index (κ1) is 16.0. The molecule has 0 aliphatic heterocycles. The highest BCUT2D eigenvalue weighted by atomic mass is 32.2. The number of thioether (sulfide) groups is 1. The Morgan fingerprint density at radius 3 is 2.37 bits per heavy atom. The zero-order valence-electron chi connectivity index (χ0n) is 11.7. The fourth-order valence-corrected chi connectivity index (χ4v) is 2.22. The number of halogens is 2. The van der Waals surface area contributed by atoms with E-state index in [1.165, 1.54) is 22.7 Å². The third-order valence-corrected chi connectivity index (χ3v) is 3.72. The molecule has 0 aliphatic rings. The highest BCUT2D eigenvalue weighted by Crippen LogP contribution is 2.25. The standard InChI is InChI=1S/C14H19F2NOS/c1-5-17(13(18)9-19-14(2,3)4)10-6-7-11(15)12(16)8-10/h6-8H,5,9H2,1-4H3. The molecule has 5 heteroatoms. The van der Waals surface area contributed by atoms with Gasteiger partial charge < -0.3 is 4.90 Å². The van der Waals surface area contributed by atoms with E-state index in [0.717, 1.165) is 12.1 Å². The second kappa shape index (κ2) is 6.37. The Morgan fingerprint density at radius 1 is 1.26 bits per heavy atom. The van der Waals surface area contributed by atoms with Crippen LogP contribution in [0.25, 0.3) is 0 Å². The Hall–Kier alpha value is -1.10. The molecular formula is C14H19F2NOS. The van der Waals surface area contributed by atoms with Gasteiger partial charge in [0.1, 0.15) is 0 Å². The van der Waals surface area contributed by atoms with E-state index in [1.807, 2.05) is 20.8 Å². The lowest BCUT2D eigenvalue weighted by Gasteiger charge is -2.23. The van der Waals surface area contributed by atoms with Crippen LogP contribution in [0.15, 0.2) is 18.2 Å². The quantitative estimate of drug-likeness (QED) is 0.838. The number of anilines is 1. The van der Waals surface area contributed by atoms with Crippen LogP contribution in [0.4, 0.5) is 14.5 Å². The molecule has 0 unspecified atom stereocenters. The first-order chi connectivity index (χ1) is 8.74. The minimum Gasteiger partial charge on any atom is -0.312 e. The minimum absolute atomic E-state index is 0.0108. The lowest BCUT2D eigenvalue weighted by molar-refractivity contribution is -0.116. The van der Waals surface area contributed by atoms with E-state index in [0.29, 0.717) is 18.0 Å². The average Bonchev–Trinajstić information content (AvgIpc) is 2.31. The van der Waals surface area contributed by atoms with Gasteiger partial charge in [-0.15, -0.1) is 11.8 Å². The van der Waals surface area contributed by atoms with Crippen molar-refractivity contribution in [2.24, 2.45) is 0 Å². The summed E-state index contributed by atoms with van der Waals surface area (Å²) in [6, 6.07) is 3.51. The molecule has 2 nitrogen and oxygen atoms in total. The molecule has 0 N–H and O–H groups in total. The summed E-state index contributed by atoms with van der Waals surface area (Å²) in [5.41, 5.74) is 0.390. The molecule has 0 atom stereocenters. The second-order valence-electron chi connectivity index (χ2n) is 5.14. The Bertz CT molecular complexity index is 457. The maximum atomic E-state index is 13.2. The molecule has 0 saturated heterocycles. The number of amides is 1. The summed E-state index contributed by atoms with van der Waals surface area (Å²) in [5, 5.41) is 0. The Labute approximate surface area is 117 Å². The monoisotopic (exact) mass is 287 g/mol. The molecule has 0 aromatic heterocycles. The molecule has 1 amide bonds. The maximum Gasteiger partial charge on any atom is 0.236 e. The normalized spacial score (nSPS) is 11.5. The predicted octanol–water partition coefficient (Wildman–Crippen LogP) is 3.85. The summed E-state index contributed by atoms with van der Waals surface area (Å²) in [7, 11) is 0. The average molecular weight is 287 g/mol. The SMILES string of the molecule is CCN(C(=O)CSC(C)(C)C)c1ccc(F)c(F)c1. The fourth-order valence-electron chi connectivity index (χ4n) is 1.51. The Morgan fingerprint density at radius 2 is 1.89 bits per heavy atom. The fraction of sp³-hybridized carbons (Fsp3) is 0.500. The summed E-state index contributed by atoms with van der Waals surface area (Å²) >= 11 is 1.53. The lowest BCUT2D eigenvalue weighted by Crippen LogP contribution is -2.33. The highest BCUT2D eigenvalue weighted by molar-refractivity contribution is 8.01. The van der Waals surface area contributed by atoms with Gasteiger partial charge in [-0.05, 0) is 19.1 Å². The molecular weight excluding hydrogens is 268 g/mol. The zero-order chi connectivity index (χ0) is 14.6. The first-order valence-corrected chi connectivity index (χ1v) is 7.12. The van der Waals surface area contributed by atoms with Crippen molar-refractivity contribution in [3.8, 4) is 0 Å². The summed E-state index contributed by atoms with van der Waals surface area (Å²) in [6.45, 7) is 8.31. The zero-order valence-corrected chi connectivity index (χ0v) is 12.5. The third-order valence-electron chi connectivity index (χ3n) is 2.46. The molecule has 1 aromatic carbocycles. The van der Waals surface area contributed by atoms with Crippen molar-refractivity contribution in [2.45, 2.75) is 32.4 Å². The Balaban J connectivity index is 2.82. The van der Waals surface area contributed by atoms with E-state index >= 15 is 0 Å². The molecule has 0 radical (unpaired) electrons. The molecule has 0 saturated carbocycles. The van der Waals surface area contributed by atoms with E-state index in [-0.39, 0.29) is 10.7 Å². The van der Waals surface area contributed by atoms with Gasteiger partial charge in [0.05, 0.1) is 5.75 Å². The minimum atomic E-state index is -0.938. The van der Waals surface area contributed by atoms with Gasteiger partial charge in [0, 0.05) is 23.0 Å². The first-order valence-electron chi connectivity index (χ1n) is 6.14. The molecule has 1 rings (SSSR count). The van der Waals surface area contributed by atoms with Crippen molar-refractivity contribution in [1.29, 1.82) is 0 Å². The highest BCUT2D eigenvalue weighted by Gasteiger charge is 2.19. The van der Waals surface area contributed by atoms with E-state index in [2.05, 4.69) is 0 Å². The second-order valence-corrected chi connectivity index (χ2v) is 6.94. The van der Waals surface area contributed by atoms with Gasteiger partial charge in [0.25, 0.3) is 0 Å². The van der Waals surface area contributed by atoms with E-state index in [1.54, 1.807) is 6.92 Å². The van der Waals surface area contributed by atoms with Crippen molar-refractivity contribution in [2.75, 3.05) is 17.2 Å². The van der Waals surface area contributed by atoms with Crippen molar-refractivity contribution < 1.29 is 13.6 Å². The molecule has 0 spiro atoms. The van der Waals surface area contributed by atoms with Crippen LogP contribution in [0.1, 0.15) is 27.7 Å². The third kappa shape index (κ3) is 4.82. The van der Waals surface area contributed by atoms with E-state index in [4.69, 9.17) is 0 Å². The lowest BCUT2D eigenvalue weighted by atomic mass is 10.2. The number of hydrogen-bond donors (Lipinski definition) is 0. The van der Waals surface area contributed by atoms with Crippen LogP contribution in [0.2, 0.25) is 0 Å². The van der Waals surface area contributed by atoms with E-state index < -0.39 is 11.6 Å². The molecule has 0 heterocycles. The van der Waals surface area contributed by atoms with Gasteiger partial charge >= 0.3 is 0 Å². The van der Waals surface area contributed by atoms with Crippen LogP contribution in [-0.4, -0.2) is 23.0 Å². The van der Waals surface area contributed by atoms with Crippen molar-refractivity contribution in [3.05, 3.63) is 29.8 Å². The number of carbonyl (C=O) groups excluding carboxylic acids is 1. The van der Waals surface area contributed by atoms with Gasteiger partial charge in [-0.3, -0.25) is 4.79 Å². The van der Waals surface area contributed by atoms with Crippen molar-refractivity contribution >= 4 is 23.4 Å². The van der Waals surface area contributed by atoms with Gasteiger partial charge in [-0.2, -0.15) is 0 Å². The van der Waals surface area contributed by atoms with Crippen molar-refractivity contribution in [1.82, 2.24) is 0 Å². The Kier molecular flexibility index (Phi) is 5.35. The molecule has 106 valence electrons. The number of carbonyl (C=O) groups is 1. The number of rotatable bonds is 4.